The summed E-state index contributed by atoms with van der Waals surface area (Å²) in [4.78, 5) is 5.53. The summed E-state index contributed by atoms with van der Waals surface area (Å²) in [7, 11) is 0. The normalized spacial score (nSPS) is 31.1. The number of aliphatic imine (C=N–C) groups is 1. The van der Waals surface area contributed by atoms with Crippen molar-refractivity contribution in [3.05, 3.63) is 10.5 Å². The first-order chi connectivity index (χ1) is 4.86. The topological polar surface area (TPSA) is 38.4 Å². The highest BCUT2D eigenvalue weighted by molar-refractivity contribution is 8.04. The fraction of sp³-hybridized carbons (Fsp3) is 0.571. The Morgan fingerprint density at radius 2 is 2.60 bits per heavy atom. The average Bonchev–Trinajstić information content (AvgIpc) is 2.27. The molecule has 0 aromatic carbocycles. The summed E-state index contributed by atoms with van der Waals surface area (Å²) in [5, 5.41) is 0.301. The van der Waals surface area contributed by atoms with Crippen LogP contribution >= 0.6 is 11.8 Å². The predicted molar refractivity (Wildman–Crippen MR) is 45.2 cm³/mol. The highest BCUT2D eigenvalue weighted by Crippen LogP contribution is 2.36. The van der Waals surface area contributed by atoms with Crippen LogP contribution in [0.2, 0.25) is 0 Å². The van der Waals surface area contributed by atoms with E-state index in [1.54, 1.807) is 11.8 Å². The molecule has 1 unspecified atom stereocenters. The number of nitrogens with two attached hydrogens (primary N) is 1. The summed E-state index contributed by atoms with van der Waals surface area (Å²) in [5.74, 6) is 0. The molecule has 1 atom stereocenters. The van der Waals surface area contributed by atoms with Gasteiger partial charge < -0.3 is 5.73 Å². The second kappa shape index (κ2) is 2.40. The van der Waals surface area contributed by atoms with Crippen LogP contribution in [0.3, 0.4) is 0 Å². The summed E-state index contributed by atoms with van der Waals surface area (Å²) in [6.45, 7) is 0.964. The van der Waals surface area contributed by atoms with Crippen molar-refractivity contribution in [1.82, 2.24) is 0 Å². The van der Waals surface area contributed by atoms with Crippen molar-refractivity contribution >= 4 is 18.0 Å². The second-order valence-electron chi connectivity index (χ2n) is 2.61. The fourth-order valence-electron chi connectivity index (χ4n) is 1.33. The number of hydrogen-bond acceptors (Lipinski definition) is 3. The summed E-state index contributed by atoms with van der Waals surface area (Å²) in [6.07, 6.45) is 4.18. The lowest BCUT2D eigenvalue weighted by atomic mass is 10.1. The van der Waals surface area contributed by atoms with Gasteiger partial charge in [-0.05, 0) is 12.8 Å². The second-order valence-corrected chi connectivity index (χ2v) is 3.89. The average molecular weight is 154 g/mol. The van der Waals surface area contributed by atoms with Crippen LogP contribution in [0.1, 0.15) is 12.8 Å². The number of allylic oxidation sites excluding steroid dienone is 1. The third-order valence-electron chi connectivity index (χ3n) is 1.83. The van der Waals surface area contributed by atoms with Gasteiger partial charge in [-0.2, -0.15) is 0 Å². The van der Waals surface area contributed by atoms with Crippen LogP contribution < -0.4 is 5.73 Å². The van der Waals surface area contributed by atoms with Crippen LogP contribution in [0.25, 0.3) is 0 Å². The molecule has 0 aromatic heterocycles. The molecule has 0 fully saturated rings. The largest absolute Gasteiger partial charge is 0.319 e. The Morgan fingerprint density at radius 3 is 3.40 bits per heavy atom. The van der Waals surface area contributed by atoms with Gasteiger partial charge in [0.05, 0.1) is 5.37 Å². The van der Waals surface area contributed by atoms with Gasteiger partial charge >= 0.3 is 0 Å². The van der Waals surface area contributed by atoms with E-state index in [1.165, 1.54) is 10.5 Å². The summed E-state index contributed by atoms with van der Waals surface area (Å²) < 4.78 is 0. The van der Waals surface area contributed by atoms with E-state index in [-0.39, 0.29) is 0 Å². The van der Waals surface area contributed by atoms with Gasteiger partial charge in [0.2, 0.25) is 0 Å². The molecule has 10 heavy (non-hydrogen) atoms. The molecule has 0 amide bonds. The van der Waals surface area contributed by atoms with Crippen molar-refractivity contribution in [2.24, 2.45) is 10.7 Å². The monoisotopic (exact) mass is 154 g/mol. The van der Waals surface area contributed by atoms with Crippen LogP contribution in [-0.4, -0.2) is 18.1 Å². The summed E-state index contributed by atoms with van der Waals surface area (Å²) >= 11 is 1.76. The summed E-state index contributed by atoms with van der Waals surface area (Å²) in [6, 6.07) is 0. The highest BCUT2D eigenvalue weighted by Gasteiger charge is 2.21. The zero-order chi connectivity index (χ0) is 6.97. The van der Waals surface area contributed by atoms with Crippen molar-refractivity contribution in [2.45, 2.75) is 18.2 Å². The SMILES string of the molecule is NC1CC2=C(C=NCC2)S1. The minimum Gasteiger partial charge on any atom is -0.319 e. The Bertz CT molecular complexity index is 208. The summed E-state index contributed by atoms with van der Waals surface area (Å²) in [5.41, 5.74) is 7.27. The zero-order valence-corrected chi connectivity index (χ0v) is 6.53. The molecule has 0 radical (unpaired) electrons. The molecule has 2 aliphatic rings. The molecule has 0 aliphatic carbocycles. The Kier molecular flexibility index (Phi) is 1.54. The zero-order valence-electron chi connectivity index (χ0n) is 5.71. The van der Waals surface area contributed by atoms with E-state index >= 15 is 0 Å². The first kappa shape index (κ1) is 6.43. The van der Waals surface area contributed by atoms with E-state index in [2.05, 4.69) is 4.99 Å². The molecule has 2 rings (SSSR count). The minimum atomic E-state index is 0.301. The van der Waals surface area contributed by atoms with Crippen LogP contribution in [0.15, 0.2) is 15.5 Å². The lowest BCUT2D eigenvalue weighted by Crippen LogP contribution is -2.11. The molecule has 54 valence electrons. The van der Waals surface area contributed by atoms with Crippen LogP contribution in [0.4, 0.5) is 0 Å². The van der Waals surface area contributed by atoms with Crippen molar-refractivity contribution in [2.75, 3.05) is 6.54 Å². The van der Waals surface area contributed by atoms with E-state index in [1.807, 2.05) is 6.21 Å². The van der Waals surface area contributed by atoms with E-state index < -0.39 is 0 Å². The van der Waals surface area contributed by atoms with Crippen molar-refractivity contribution < 1.29 is 0 Å². The smallest absolute Gasteiger partial charge is 0.0593 e. The number of nitrogens with zero attached hydrogens (tertiary/aromatic N) is 1. The Morgan fingerprint density at radius 1 is 1.70 bits per heavy atom. The molecular weight excluding hydrogens is 144 g/mol. The van der Waals surface area contributed by atoms with Gasteiger partial charge in [0.15, 0.2) is 0 Å². The molecule has 3 heteroatoms. The first-order valence-electron chi connectivity index (χ1n) is 3.50. The van der Waals surface area contributed by atoms with Crippen LogP contribution in [0.5, 0.6) is 0 Å². The number of rotatable bonds is 0. The Hall–Kier alpha value is -0.280. The van der Waals surface area contributed by atoms with E-state index in [0.717, 1.165) is 19.4 Å². The molecule has 2 heterocycles. The molecule has 0 saturated carbocycles. The van der Waals surface area contributed by atoms with Gasteiger partial charge in [0.1, 0.15) is 0 Å². The lowest BCUT2D eigenvalue weighted by Gasteiger charge is -2.04. The van der Waals surface area contributed by atoms with Gasteiger partial charge in [-0.1, -0.05) is 5.57 Å². The Labute approximate surface area is 64.6 Å². The van der Waals surface area contributed by atoms with Gasteiger partial charge in [-0.15, -0.1) is 11.8 Å². The standard InChI is InChI=1S/C7H10N2S/c8-7-3-5-1-2-9-4-6(5)10-7/h4,7H,1-3,8H2. The quantitative estimate of drug-likeness (QED) is 0.568. The molecule has 0 aromatic rings. The molecule has 0 bridgehead atoms. The molecule has 0 saturated heterocycles. The van der Waals surface area contributed by atoms with Gasteiger partial charge in [0, 0.05) is 17.7 Å². The molecule has 2 N–H and O–H groups in total. The van der Waals surface area contributed by atoms with Crippen LogP contribution in [0, 0.1) is 0 Å². The fourth-order valence-corrected chi connectivity index (χ4v) is 2.42. The number of hydrogen-bond donors (Lipinski definition) is 1. The van der Waals surface area contributed by atoms with Crippen molar-refractivity contribution in [3.63, 3.8) is 0 Å². The molecule has 0 spiro atoms. The van der Waals surface area contributed by atoms with Crippen LogP contribution in [-0.2, 0) is 0 Å². The van der Waals surface area contributed by atoms with Gasteiger partial charge in [-0.25, -0.2) is 0 Å². The minimum absolute atomic E-state index is 0.301. The highest BCUT2D eigenvalue weighted by atomic mass is 32.2. The maximum Gasteiger partial charge on any atom is 0.0593 e. The predicted octanol–water partition coefficient (Wildman–Crippen LogP) is 1.14. The number of dihydropyridines is 1. The molecule has 2 aliphatic heterocycles. The number of thioether (sulfide) groups is 1. The van der Waals surface area contributed by atoms with Crippen molar-refractivity contribution in [1.29, 1.82) is 0 Å². The third kappa shape index (κ3) is 0.995. The molecular formula is C7H10N2S. The Balaban J connectivity index is 2.21. The van der Waals surface area contributed by atoms with Gasteiger partial charge in [-0.3, -0.25) is 4.99 Å². The van der Waals surface area contributed by atoms with E-state index in [9.17, 15) is 0 Å². The van der Waals surface area contributed by atoms with Gasteiger partial charge in [0.25, 0.3) is 0 Å². The first-order valence-corrected chi connectivity index (χ1v) is 4.38. The van der Waals surface area contributed by atoms with Crippen molar-refractivity contribution in [3.8, 4) is 0 Å². The third-order valence-corrected chi connectivity index (χ3v) is 2.94. The van der Waals surface area contributed by atoms with E-state index in [4.69, 9.17) is 5.73 Å². The lowest BCUT2D eigenvalue weighted by molar-refractivity contribution is 0.829. The van der Waals surface area contributed by atoms with E-state index in [0.29, 0.717) is 5.37 Å². The maximum absolute atomic E-state index is 5.75. The molecule has 2 nitrogen and oxygen atoms in total. The maximum atomic E-state index is 5.75.